The second-order valence-corrected chi connectivity index (χ2v) is 6.77. The third kappa shape index (κ3) is 3.73. The third-order valence-electron chi connectivity index (χ3n) is 3.03. The summed E-state index contributed by atoms with van der Waals surface area (Å²) in [4.78, 5) is 11.5. The van der Waals surface area contributed by atoms with E-state index in [1.54, 1.807) is 12.1 Å². The Hall–Kier alpha value is -2.60. The summed E-state index contributed by atoms with van der Waals surface area (Å²) < 4.78 is 22.8. The first kappa shape index (κ1) is 15.8. The Kier molecular flexibility index (Phi) is 4.32. The molecule has 0 amide bonds. The van der Waals surface area contributed by atoms with E-state index in [2.05, 4.69) is 0 Å². The minimum absolute atomic E-state index is 0.0331. The van der Waals surface area contributed by atoms with Crippen LogP contribution in [-0.4, -0.2) is 30.9 Å². The van der Waals surface area contributed by atoms with Gasteiger partial charge in [0.2, 0.25) is 0 Å². The molecule has 0 aliphatic carbocycles. The maximum atomic E-state index is 11.4. The van der Waals surface area contributed by atoms with Crippen molar-refractivity contribution in [3.63, 3.8) is 0 Å². The fourth-order valence-corrected chi connectivity index (χ4v) is 2.52. The zero-order valence-electron chi connectivity index (χ0n) is 11.7. The van der Waals surface area contributed by atoms with Gasteiger partial charge in [-0.25, -0.2) is 13.2 Å². The van der Waals surface area contributed by atoms with Crippen LogP contribution in [0.15, 0.2) is 53.4 Å². The molecule has 0 bridgehead atoms. The summed E-state index contributed by atoms with van der Waals surface area (Å²) in [6.07, 6.45) is 2.55. The van der Waals surface area contributed by atoms with Crippen molar-refractivity contribution in [1.82, 2.24) is 0 Å². The molecular weight excluding hydrogens is 304 g/mol. The van der Waals surface area contributed by atoms with Gasteiger partial charge in [-0.05, 0) is 41.5 Å². The molecule has 2 rings (SSSR count). The van der Waals surface area contributed by atoms with Crippen molar-refractivity contribution in [3.05, 3.63) is 59.7 Å². The number of phenolic OH excluding ortho intramolecular Hbond substituents is 1. The van der Waals surface area contributed by atoms with Crippen LogP contribution < -0.4 is 0 Å². The molecular formula is C16H14O5S. The molecule has 2 aromatic carbocycles. The predicted octanol–water partition coefficient (Wildman–Crippen LogP) is 2.42. The summed E-state index contributed by atoms with van der Waals surface area (Å²) in [6, 6.07) is 11.7. The molecule has 22 heavy (non-hydrogen) atoms. The van der Waals surface area contributed by atoms with Gasteiger partial charge in [-0.1, -0.05) is 24.3 Å². The van der Waals surface area contributed by atoms with Crippen LogP contribution in [-0.2, 0) is 14.6 Å². The van der Waals surface area contributed by atoms with Crippen molar-refractivity contribution in [1.29, 1.82) is 0 Å². The van der Waals surface area contributed by atoms with Crippen molar-refractivity contribution in [3.8, 4) is 5.75 Å². The van der Waals surface area contributed by atoms with Crippen LogP contribution in [0.4, 0.5) is 0 Å². The summed E-state index contributed by atoms with van der Waals surface area (Å²) in [6.45, 7) is 0. The lowest BCUT2D eigenvalue weighted by Gasteiger charge is -2.05. The molecule has 0 saturated heterocycles. The molecule has 0 heterocycles. The highest BCUT2D eigenvalue weighted by atomic mass is 32.2. The van der Waals surface area contributed by atoms with E-state index in [0.717, 1.165) is 6.26 Å². The van der Waals surface area contributed by atoms with Gasteiger partial charge in [0.1, 0.15) is 5.75 Å². The van der Waals surface area contributed by atoms with E-state index in [4.69, 9.17) is 0 Å². The number of aliphatic carboxylic acids is 1. The number of rotatable bonds is 4. The average Bonchev–Trinajstić information content (AvgIpc) is 2.45. The fourth-order valence-electron chi connectivity index (χ4n) is 1.89. The Labute approximate surface area is 128 Å². The highest BCUT2D eigenvalue weighted by Crippen LogP contribution is 2.21. The monoisotopic (exact) mass is 318 g/mol. The summed E-state index contributed by atoms with van der Waals surface area (Å²) in [5, 5.41) is 18.6. The second kappa shape index (κ2) is 6.03. The average molecular weight is 318 g/mol. The first-order chi connectivity index (χ1) is 10.3. The number of phenols is 1. The smallest absolute Gasteiger partial charge is 0.336 e. The van der Waals surface area contributed by atoms with Crippen LogP contribution in [0.1, 0.15) is 11.1 Å². The van der Waals surface area contributed by atoms with Crippen LogP contribution in [0.25, 0.3) is 11.6 Å². The lowest BCUT2D eigenvalue weighted by atomic mass is 10.0. The lowest BCUT2D eigenvalue weighted by molar-refractivity contribution is -0.130. The highest BCUT2D eigenvalue weighted by molar-refractivity contribution is 7.90. The minimum Gasteiger partial charge on any atom is -0.508 e. The van der Waals surface area contributed by atoms with Crippen LogP contribution in [0.3, 0.4) is 0 Å². The van der Waals surface area contributed by atoms with Gasteiger partial charge in [-0.2, -0.15) is 0 Å². The number of carboxylic acids is 1. The zero-order valence-corrected chi connectivity index (χ0v) is 12.5. The molecule has 0 fully saturated rings. The van der Waals surface area contributed by atoms with Gasteiger partial charge >= 0.3 is 5.97 Å². The molecule has 0 aliphatic rings. The Morgan fingerprint density at radius 2 is 1.55 bits per heavy atom. The molecule has 2 N–H and O–H groups in total. The van der Waals surface area contributed by atoms with Crippen molar-refractivity contribution in [2.75, 3.05) is 6.26 Å². The first-order valence-electron chi connectivity index (χ1n) is 6.32. The van der Waals surface area contributed by atoms with Crippen molar-refractivity contribution in [2.45, 2.75) is 4.90 Å². The Morgan fingerprint density at radius 3 is 2.00 bits per heavy atom. The summed E-state index contributed by atoms with van der Waals surface area (Å²) >= 11 is 0. The summed E-state index contributed by atoms with van der Waals surface area (Å²) in [7, 11) is -3.32. The van der Waals surface area contributed by atoms with Gasteiger partial charge in [0, 0.05) is 6.26 Å². The highest BCUT2D eigenvalue weighted by Gasteiger charge is 2.12. The number of hydrogen-bond donors (Lipinski definition) is 2. The molecule has 0 unspecified atom stereocenters. The van der Waals surface area contributed by atoms with E-state index >= 15 is 0 Å². The number of hydrogen-bond acceptors (Lipinski definition) is 4. The minimum atomic E-state index is -3.32. The molecule has 0 aromatic heterocycles. The standard InChI is InChI=1S/C16H14O5S/c1-22(20,21)14-8-4-12(5-9-14)15(16(18)19)10-11-2-6-13(17)7-3-11/h2-10,17H,1H3,(H,18,19)/b15-10+. The van der Waals surface area contributed by atoms with Gasteiger partial charge in [-0.15, -0.1) is 0 Å². The van der Waals surface area contributed by atoms with Crippen LogP contribution in [0.2, 0.25) is 0 Å². The van der Waals surface area contributed by atoms with E-state index in [9.17, 15) is 23.4 Å². The van der Waals surface area contributed by atoms with Crippen molar-refractivity contribution >= 4 is 27.5 Å². The van der Waals surface area contributed by atoms with Crippen molar-refractivity contribution in [2.24, 2.45) is 0 Å². The maximum Gasteiger partial charge on any atom is 0.336 e. The van der Waals surface area contributed by atoms with Crippen LogP contribution in [0.5, 0.6) is 5.75 Å². The molecule has 0 radical (unpaired) electrons. The van der Waals surface area contributed by atoms with E-state index in [-0.39, 0.29) is 16.2 Å². The van der Waals surface area contributed by atoms with Gasteiger partial charge in [0.15, 0.2) is 9.84 Å². The zero-order chi connectivity index (χ0) is 16.3. The fraction of sp³-hybridized carbons (Fsp3) is 0.0625. The Morgan fingerprint density at radius 1 is 1.00 bits per heavy atom. The normalized spacial score (nSPS) is 12.1. The quantitative estimate of drug-likeness (QED) is 0.667. The second-order valence-electron chi connectivity index (χ2n) is 4.75. The topological polar surface area (TPSA) is 91.7 Å². The molecule has 0 saturated carbocycles. The summed E-state index contributed by atoms with van der Waals surface area (Å²) in [5.74, 6) is -1.04. The van der Waals surface area contributed by atoms with E-state index < -0.39 is 15.8 Å². The van der Waals surface area contributed by atoms with E-state index in [1.165, 1.54) is 42.5 Å². The van der Waals surface area contributed by atoms with Gasteiger partial charge in [0.05, 0.1) is 10.5 Å². The van der Waals surface area contributed by atoms with Gasteiger partial charge in [0.25, 0.3) is 0 Å². The number of sulfone groups is 1. The number of aromatic hydroxyl groups is 1. The molecule has 0 spiro atoms. The molecule has 5 nitrogen and oxygen atoms in total. The summed E-state index contributed by atoms with van der Waals surface area (Å²) in [5.41, 5.74) is 1.04. The number of carbonyl (C=O) groups is 1. The van der Waals surface area contributed by atoms with Gasteiger partial charge in [-0.3, -0.25) is 0 Å². The number of benzene rings is 2. The predicted molar refractivity (Wildman–Crippen MR) is 83.2 cm³/mol. The maximum absolute atomic E-state index is 11.4. The van der Waals surface area contributed by atoms with E-state index in [0.29, 0.717) is 11.1 Å². The number of carboxylic acid groups (broad SMARTS) is 1. The molecule has 0 atom stereocenters. The molecule has 6 heteroatoms. The first-order valence-corrected chi connectivity index (χ1v) is 8.21. The Bertz CT molecular complexity index is 816. The molecule has 0 aliphatic heterocycles. The largest absolute Gasteiger partial charge is 0.508 e. The Balaban J connectivity index is 2.44. The van der Waals surface area contributed by atoms with Crippen molar-refractivity contribution < 1.29 is 23.4 Å². The van der Waals surface area contributed by atoms with Crippen LogP contribution in [0, 0.1) is 0 Å². The SMILES string of the molecule is CS(=O)(=O)c1ccc(/C(=C\c2ccc(O)cc2)C(=O)O)cc1. The van der Waals surface area contributed by atoms with Gasteiger partial charge < -0.3 is 10.2 Å². The lowest BCUT2D eigenvalue weighted by Crippen LogP contribution is -2.01. The molecule has 2 aromatic rings. The third-order valence-corrected chi connectivity index (χ3v) is 4.16. The van der Waals surface area contributed by atoms with Crippen LogP contribution >= 0.6 is 0 Å². The van der Waals surface area contributed by atoms with E-state index in [1.807, 2.05) is 0 Å². The molecule has 114 valence electrons.